The normalized spacial score (nSPS) is 23.7. The van der Waals surface area contributed by atoms with E-state index in [-0.39, 0.29) is 23.7 Å². The lowest BCUT2D eigenvalue weighted by Crippen LogP contribution is -2.32. The summed E-state index contributed by atoms with van der Waals surface area (Å²) in [5, 5.41) is 6.09. The van der Waals surface area contributed by atoms with Gasteiger partial charge in [-0.25, -0.2) is 4.39 Å². The Morgan fingerprint density at radius 2 is 2.35 bits per heavy atom. The average Bonchev–Trinajstić information content (AvgIpc) is 2.68. The Kier molecular flexibility index (Phi) is 3.98. The average molecular weight is 348 g/mol. The number of carbonyl (C=O) groups excluding carboxylic acids is 1. The molecule has 2 atom stereocenters. The van der Waals surface area contributed by atoms with E-state index in [1.54, 1.807) is 6.07 Å². The maximum atomic E-state index is 12.9. The number of hydrogen-bond acceptors (Lipinski definition) is 2. The van der Waals surface area contributed by atoms with Gasteiger partial charge in [0.2, 0.25) is 5.91 Å². The van der Waals surface area contributed by atoms with Gasteiger partial charge >= 0.3 is 0 Å². The van der Waals surface area contributed by atoms with Crippen LogP contribution in [0.4, 0.5) is 10.1 Å². The topological polar surface area (TPSA) is 41.1 Å². The van der Waals surface area contributed by atoms with Gasteiger partial charge in [0.1, 0.15) is 5.82 Å². The summed E-state index contributed by atoms with van der Waals surface area (Å²) in [7, 11) is 0. The Morgan fingerprint density at radius 1 is 1.59 bits per heavy atom. The van der Waals surface area contributed by atoms with E-state index in [0.29, 0.717) is 5.69 Å². The van der Waals surface area contributed by atoms with E-state index >= 15 is 0 Å². The van der Waals surface area contributed by atoms with Crippen LogP contribution in [0.3, 0.4) is 0 Å². The number of hydrogen-bond donors (Lipinski definition) is 2. The van der Waals surface area contributed by atoms with Gasteiger partial charge in [0.05, 0.1) is 11.6 Å². The molecule has 1 aromatic carbocycles. The van der Waals surface area contributed by atoms with Gasteiger partial charge in [0.25, 0.3) is 0 Å². The van der Waals surface area contributed by atoms with Crippen LogP contribution in [0.2, 0.25) is 0 Å². The highest BCUT2D eigenvalue weighted by molar-refractivity contribution is 14.1. The predicted molar refractivity (Wildman–Crippen MR) is 73.3 cm³/mol. The van der Waals surface area contributed by atoms with E-state index in [1.165, 1.54) is 12.1 Å². The lowest BCUT2D eigenvalue weighted by Gasteiger charge is -2.15. The van der Waals surface area contributed by atoms with E-state index in [0.717, 1.165) is 16.5 Å². The first-order valence-corrected chi connectivity index (χ1v) is 6.65. The zero-order chi connectivity index (χ0) is 12.4. The Bertz CT molecular complexity index is 439. The molecule has 17 heavy (non-hydrogen) atoms. The highest BCUT2D eigenvalue weighted by Gasteiger charge is 2.29. The van der Waals surface area contributed by atoms with Crippen LogP contribution in [0.25, 0.3) is 0 Å². The second-order valence-electron chi connectivity index (χ2n) is 4.25. The van der Waals surface area contributed by atoms with Gasteiger partial charge in [-0.1, -0.05) is 0 Å². The van der Waals surface area contributed by atoms with Gasteiger partial charge in [0, 0.05) is 9.61 Å². The first-order valence-electron chi connectivity index (χ1n) is 5.57. The van der Waals surface area contributed by atoms with E-state index in [9.17, 15) is 9.18 Å². The lowest BCUT2D eigenvalue weighted by molar-refractivity contribution is -0.120. The van der Waals surface area contributed by atoms with Crippen molar-refractivity contribution in [2.75, 3.05) is 11.9 Å². The van der Waals surface area contributed by atoms with E-state index in [2.05, 4.69) is 10.6 Å². The number of anilines is 1. The van der Waals surface area contributed by atoms with Gasteiger partial charge in [0.15, 0.2) is 0 Å². The molecule has 2 N–H and O–H groups in total. The Hall–Kier alpha value is -0.690. The summed E-state index contributed by atoms with van der Waals surface area (Å²) < 4.78 is 13.6. The van der Waals surface area contributed by atoms with Gasteiger partial charge in [-0.2, -0.15) is 0 Å². The molecule has 3 nitrogen and oxygen atoms in total. The molecule has 0 aromatic heterocycles. The number of carbonyl (C=O) groups is 1. The lowest BCUT2D eigenvalue weighted by atomic mass is 10.0. The van der Waals surface area contributed by atoms with Gasteiger partial charge < -0.3 is 10.6 Å². The summed E-state index contributed by atoms with van der Waals surface area (Å²) in [6.07, 6.45) is 0.852. The van der Waals surface area contributed by atoms with Crippen LogP contribution in [0.15, 0.2) is 18.2 Å². The van der Waals surface area contributed by atoms with E-state index < -0.39 is 0 Å². The smallest absolute Gasteiger partial charge is 0.229 e. The third-order valence-corrected chi connectivity index (χ3v) is 3.94. The van der Waals surface area contributed by atoms with Crippen molar-refractivity contribution >= 4 is 34.2 Å². The molecule has 92 valence electrons. The van der Waals surface area contributed by atoms with Crippen molar-refractivity contribution < 1.29 is 9.18 Å². The maximum absolute atomic E-state index is 12.9. The van der Waals surface area contributed by atoms with Crippen molar-refractivity contribution in [1.82, 2.24) is 5.32 Å². The minimum atomic E-state index is -0.289. The molecule has 5 heteroatoms. The molecule has 0 radical (unpaired) electrons. The van der Waals surface area contributed by atoms with Gasteiger partial charge in [-0.15, -0.1) is 0 Å². The molecule has 1 saturated heterocycles. The molecular formula is C12H14FIN2O. The second-order valence-corrected chi connectivity index (χ2v) is 5.41. The molecular weight excluding hydrogens is 334 g/mol. The molecule has 1 fully saturated rings. The number of amides is 1. The largest absolute Gasteiger partial charge is 0.325 e. The molecule has 0 saturated carbocycles. The van der Waals surface area contributed by atoms with E-state index in [1.807, 2.05) is 29.5 Å². The minimum Gasteiger partial charge on any atom is -0.325 e. The first-order chi connectivity index (χ1) is 8.08. The molecule has 1 aliphatic rings. The number of rotatable bonds is 2. The quantitative estimate of drug-likeness (QED) is 0.806. The SMILES string of the molecule is CC1NCCC1C(=O)Nc1ccc(F)cc1I. The number of halogens is 2. The highest BCUT2D eigenvalue weighted by atomic mass is 127. The third kappa shape index (κ3) is 2.95. The molecule has 0 spiro atoms. The fraction of sp³-hybridized carbons (Fsp3) is 0.417. The Morgan fingerprint density at radius 3 is 2.94 bits per heavy atom. The number of benzene rings is 1. The van der Waals surface area contributed by atoms with Crippen LogP contribution < -0.4 is 10.6 Å². The van der Waals surface area contributed by atoms with Crippen molar-refractivity contribution in [3.05, 3.63) is 27.6 Å². The monoisotopic (exact) mass is 348 g/mol. The number of nitrogens with one attached hydrogen (secondary N) is 2. The molecule has 1 aliphatic heterocycles. The predicted octanol–water partition coefficient (Wildman–Crippen LogP) is 2.37. The van der Waals surface area contributed by atoms with Crippen LogP contribution in [0, 0.1) is 15.3 Å². The standard InChI is InChI=1S/C12H14FIN2O/c1-7-9(4-5-15-7)12(17)16-11-3-2-8(13)6-10(11)14/h2-3,6-7,9,15H,4-5H2,1H3,(H,16,17). The van der Waals surface area contributed by atoms with Crippen LogP contribution in [-0.2, 0) is 4.79 Å². The van der Waals surface area contributed by atoms with Crippen LogP contribution in [-0.4, -0.2) is 18.5 Å². The van der Waals surface area contributed by atoms with Crippen molar-refractivity contribution in [3.63, 3.8) is 0 Å². The molecule has 0 bridgehead atoms. The maximum Gasteiger partial charge on any atom is 0.229 e. The summed E-state index contributed by atoms with van der Waals surface area (Å²) in [4.78, 5) is 12.0. The molecule has 1 aromatic rings. The molecule has 2 unspecified atom stereocenters. The zero-order valence-electron chi connectivity index (χ0n) is 9.47. The summed E-state index contributed by atoms with van der Waals surface area (Å²) in [6, 6.07) is 4.57. The zero-order valence-corrected chi connectivity index (χ0v) is 11.6. The summed E-state index contributed by atoms with van der Waals surface area (Å²) in [5.41, 5.74) is 0.677. The van der Waals surface area contributed by atoms with Crippen molar-refractivity contribution in [3.8, 4) is 0 Å². The molecule has 1 heterocycles. The third-order valence-electron chi connectivity index (χ3n) is 3.05. The van der Waals surface area contributed by atoms with Crippen molar-refractivity contribution in [2.45, 2.75) is 19.4 Å². The van der Waals surface area contributed by atoms with E-state index in [4.69, 9.17) is 0 Å². The second kappa shape index (κ2) is 5.30. The summed E-state index contributed by atoms with van der Waals surface area (Å²) in [5.74, 6) is -0.286. The Balaban J connectivity index is 2.07. The molecule has 0 aliphatic carbocycles. The minimum absolute atomic E-state index is 0.00384. The Labute approximate surface area is 113 Å². The molecule has 2 rings (SSSR count). The van der Waals surface area contributed by atoms with Crippen molar-refractivity contribution in [2.24, 2.45) is 5.92 Å². The summed E-state index contributed by atoms with van der Waals surface area (Å²) >= 11 is 2.02. The van der Waals surface area contributed by atoms with Crippen molar-refractivity contribution in [1.29, 1.82) is 0 Å². The molecule has 1 amide bonds. The summed E-state index contributed by atoms with van der Waals surface area (Å²) in [6.45, 7) is 2.88. The van der Waals surface area contributed by atoms with Crippen LogP contribution in [0.5, 0.6) is 0 Å². The van der Waals surface area contributed by atoms with Crippen LogP contribution >= 0.6 is 22.6 Å². The fourth-order valence-electron chi connectivity index (χ4n) is 2.03. The fourth-order valence-corrected chi connectivity index (χ4v) is 2.65. The highest BCUT2D eigenvalue weighted by Crippen LogP contribution is 2.22. The van der Waals surface area contributed by atoms with Crippen LogP contribution in [0.1, 0.15) is 13.3 Å². The first kappa shape index (κ1) is 12.8. The van der Waals surface area contributed by atoms with Gasteiger partial charge in [-0.05, 0) is 60.7 Å². The van der Waals surface area contributed by atoms with Gasteiger partial charge in [-0.3, -0.25) is 4.79 Å².